The average molecular weight is 298 g/mol. The van der Waals surface area contributed by atoms with E-state index in [-0.39, 0.29) is 18.4 Å². The molecule has 0 aromatic rings. The Kier molecular flexibility index (Phi) is 8.16. The maximum absolute atomic E-state index is 11.8. The van der Waals surface area contributed by atoms with Gasteiger partial charge in [0.05, 0.1) is 0 Å². The van der Waals surface area contributed by atoms with Crippen LogP contribution in [-0.4, -0.2) is 30.2 Å². The van der Waals surface area contributed by atoms with E-state index in [1.54, 1.807) is 0 Å². The maximum atomic E-state index is 11.8. The molecule has 0 aromatic carbocycles. The van der Waals surface area contributed by atoms with Crippen molar-refractivity contribution >= 4 is 12.0 Å². The fraction of sp³-hybridized carbons (Fsp3) is 0.875. The highest BCUT2D eigenvalue weighted by molar-refractivity contribution is 5.74. The summed E-state index contributed by atoms with van der Waals surface area (Å²) in [6.07, 6.45) is 7.18. The van der Waals surface area contributed by atoms with Gasteiger partial charge in [-0.05, 0) is 37.0 Å². The Bertz CT molecular complexity index is 325. The van der Waals surface area contributed by atoms with Crippen LogP contribution >= 0.6 is 0 Å². The van der Waals surface area contributed by atoms with Gasteiger partial charge in [0.2, 0.25) is 0 Å². The minimum absolute atomic E-state index is 0.00271. The van der Waals surface area contributed by atoms with Crippen molar-refractivity contribution in [1.82, 2.24) is 10.6 Å². The Morgan fingerprint density at radius 3 is 2.38 bits per heavy atom. The predicted molar refractivity (Wildman–Crippen MR) is 83.2 cm³/mol. The Morgan fingerprint density at radius 2 is 1.81 bits per heavy atom. The second-order valence-corrected chi connectivity index (χ2v) is 6.69. The van der Waals surface area contributed by atoms with Crippen LogP contribution in [0, 0.1) is 17.8 Å². The molecule has 21 heavy (non-hydrogen) atoms. The lowest BCUT2D eigenvalue weighted by molar-refractivity contribution is -0.138. The first-order valence-electron chi connectivity index (χ1n) is 8.20. The van der Waals surface area contributed by atoms with E-state index in [0.29, 0.717) is 18.4 Å². The number of carbonyl (C=O) groups is 2. The summed E-state index contributed by atoms with van der Waals surface area (Å²) in [6.45, 7) is 5.30. The van der Waals surface area contributed by atoms with Crippen LogP contribution in [0.4, 0.5) is 4.79 Å². The molecule has 0 heterocycles. The summed E-state index contributed by atoms with van der Waals surface area (Å²) < 4.78 is 0. The number of aliphatic carboxylic acids is 1. The molecule has 0 radical (unpaired) electrons. The maximum Gasteiger partial charge on any atom is 0.314 e. The predicted octanol–water partition coefficient (Wildman–Crippen LogP) is 3.00. The Balaban J connectivity index is 2.23. The van der Waals surface area contributed by atoms with Gasteiger partial charge < -0.3 is 15.7 Å². The van der Waals surface area contributed by atoms with Crippen molar-refractivity contribution in [2.24, 2.45) is 17.8 Å². The van der Waals surface area contributed by atoms with Crippen LogP contribution in [-0.2, 0) is 4.79 Å². The normalized spacial score (nSPS) is 17.5. The molecule has 122 valence electrons. The zero-order valence-electron chi connectivity index (χ0n) is 13.4. The number of carbonyl (C=O) groups excluding carboxylic acids is 1. The molecule has 1 aliphatic rings. The van der Waals surface area contributed by atoms with Gasteiger partial charge in [0.25, 0.3) is 0 Å². The number of urea groups is 1. The average Bonchev–Trinajstić information content (AvgIpc) is 2.42. The molecule has 0 spiro atoms. The Labute approximate surface area is 127 Å². The number of hydrogen-bond acceptors (Lipinski definition) is 2. The number of amides is 2. The largest absolute Gasteiger partial charge is 0.481 e. The van der Waals surface area contributed by atoms with Gasteiger partial charge in [-0.1, -0.05) is 33.1 Å². The molecule has 0 aromatic heterocycles. The summed E-state index contributed by atoms with van der Waals surface area (Å²) in [5.74, 6) is 0.240. The summed E-state index contributed by atoms with van der Waals surface area (Å²) in [6, 6.07) is -0.167. The molecular formula is C16H30N2O3. The first-order valence-corrected chi connectivity index (χ1v) is 8.20. The summed E-state index contributed by atoms with van der Waals surface area (Å²) in [7, 11) is 0. The van der Waals surface area contributed by atoms with Crippen LogP contribution in [0.5, 0.6) is 0 Å². The van der Waals surface area contributed by atoms with Crippen LogP contribution in [0.2, 0.25) is 0 Å². The van der Waals surface area contributed by atoms with Crippen molar-refractivity contribution in [3.63, 3.8) is 0 Å². The van der Waals surface area contributed by atoms with E-state index in [1.807, 2.05) is 0 Å². The zero-order valence-corrected chi connectivity index (χ0v) is 13.4. The molecule has 3 N–H and O–H groups in total. The minimum atomic E-state index is -0.801. The number of hydrogen-bond donors (Lipinski definition) is 3. The van der Waals surface area contributed by atoms with E-state index in [9.17, 15) is 9.59 Å². The highest BCUT2D eigenvalue weighted by Crippen LogP contribution is 2.22. The van der Waals surface area contributed by atoms with Crippen LogP contribution in [0.3, 0.4) is 0 Å². The molecule has 0 bridgehead atoms. The Morgan fingerprint density at radius 1 is 1.14 bits per heavy atom. The number of carboxylic acids is 1. The lowest BCUT2D eigenvalue weighted by Crippen LogP contribution is -2.41. The quantitative estimate of drug-likeness (QED) is 0.644. The van der Waals surface area contributed by atoms with Gasteiger partial charge in [0.15, 0.2) is 0 Å². The topological polar surface area (TPSA) is 78.4 Å². The van der Waals surface area contributed by atoms with E-state index in [4.69, 9.17) is 5.11 Å². The van der Waals surface area contributed by atoms with Gasteiger partial charge in [-0.15, -0.1) is 0 Å². The van der Waals surface area contributed by atoms with E-state index >= 15 is 0 Å². The molecular weight excluding hydrogens is 268 g/mol. The van der Waals surface area contributed by atoms with E-state index in [0.717, 1.165) is 13.0 Å². The van der Waals surface area contributed by atoms with Crippen molar-refractivity contribution in [1.29, 1.82) is 0 Å². The van der Waals surface area contributed by atoms with Crippen LogP contribution in [0.1, 0.15) is 58.8 Å². The summed E-state index contributed by atoms with van der Waals surface area (Å²) >= 11 is 0. The lowest BCUT2D eigenvalue weighted by Gasteiger charge is -2.22. The number of rotatable bonds is 8. The van der Waals surface area contributed by atoms with Gasteiger partial charge in [-0.25, -0.2) is 4.79 Å². The fourth-order valence-corrected chi connectivity index (χ4v) is 3.08. The second-order valence-electron chi connectivity index (χ2n) is 6.69. The highest BCUT2D eigenvalue weighted by Gasteiger charge is 2.17. The summed E-state index contributed by atoms with van der Waals surface area (Å²) in [5.41, 5.74) is 0. The smallest absolute Gasteiger partial charge is 0.314 e. The van der Waals surface area contributed by atoms with Gasteiger partial charge in [0, 0.05) is 19.5 Å². The molecule has 2 amide bonds. The molecule has 0 aliphatic heterocycles. The molecule has 1 aliphatic carbocycles. The van der Waals surface area contributed by atoms with Crippen molar-refractivity contribution in [2.75, 3.05) is 13.1 Å². The zero-order chi connectivity index (χ0) is 15.7. The minimum Gasteiger partial charge on any atom is -0.481 e. The summed E-state index contributed by atoms with van der Waals surface area (Å²) in [4.78, 5) is 22.6. The van der Waals surface area contributed by atoms with E-state index in [2.05, 4.69) is 24.5 Å². The number of nitrogens with one attached hydrogen (secondary N) is 2. The van der Waals surface area contributed by atoms with Gasteiger partial charge in [0.1, 0.15) is 0 Å². The van der Waals surface area contributed by atoms with E-state index in [1.165, 1.54) is 32.1 Å². The standard InChI is InChI=1S/C16H30N2O3/c1-12(2)8-14(9-15(19)20)11-18-16(21)17-10-13-6-4-3-5-7-13/h12-14H,3-11H2,1-2H3,(H,19,20)(H2,17,18,21). The molecule has 1 atom stereocenters. The summed E-state index contributed by atoms with van der Waals surface area (Å²) in [5, 5.41) is 14.6. The first kappa shape index (κ1) is 17.8. The Hall–Kier alpha value is -1.26. The van der Waals surface area contributed by atoms with Crippen molar-refractivity contribution in [3.8, 4) is 0 Å². The van der Waals surface area contributed by atoms with E-state index < -0.39 is 5.97 Å². The van der Waals surface area contributed by atoms with Crippen molar-refractivity contribution in [2.45, 2.75) is 58.8 Å². The van der Waals surface area contributed by atoms with Crippen LogP contribution in [0.15, 0.2) is 0 Å². The monoisotopic (exact) mass is 298 g/mol. The first-order chi connectivity index (χ1) is 9.97. The van der Waals surface area contributed by atoms with Crippen molar-refractivity contribution in [3.05, 3.63) is 0 Å². The molecule has 5 heteroatoms. The van der Waals surface area contributed by atoms with Gasteiger partial charge in [-0.3, -0.25) is 4.79 Å². The molecule has 1 fully saturated rings. The number of carboxylic acid groups (broad SMARTS) is 1. The third kappa shape index (κ3) is 8.58. The lowest BCUT2D eigenvalue weighted by atomic mass is 9.89. The van der Waals surface area contributed by atoms with Crippen LogP contribution in [0.25, 0.3) is 0 Å². The molecule has 1 saturated carbocycles. The third-order valence-electron chi connectivity index (χ3n) is 4.10. The van der Waals surface area contributed by atoms with Gasteiger partial charge in [-0.2, -0.15) is 0 Å². The fourth-order valence-electron chi connectivity index (χ4n) is 3.08. The molecule has 1 rings (SSSR count). The van der Waals surface area contributed by atoms with Crippen molar-refractivity contribution < 1.29 is 14.7 Å². The molecule has 5 nitrogen and oxygen atoms in total. The molecule has 1 unspecified atom stereocenters. The molecule has 0 saturated heterocycles. The van der Waals surface area contributed by atoms with Gasteiger partial charge >= 0.3 is 12.0 Å². The third-order valence-corrected chi connectivity index (χ3v) is 4.10. The van der Waals surface area contributed by atoms with Crippen LogP contribution < -0.4 is 10.6 Å². The highest BCUT2D eigenvalue weighted by atomic mass is 16.4. The SMILES string of the molecule is CC(C)CC(CNC(=O)NCC1CCCCC1)CC(=O)O. The second kappa shape index (κ2) is 9.64.